The van der Waals surface area contributed by atoms with Crippen LogP contribution in [0.15, 0.2) is 0 Å². The molecular formula is C16H30N2O. The summed E-state index contributed by atoms with van der Waals surface area (Å²) in [6.07, 6.45) is 7.06. The predicted octanol–water partition coefficient (Wildman–Crippen LogP) is 2.90. The van der Waals surface area contributed by atoms with Gasteiger partial charge in [0.2, 0.25) is 5.91 Å². The maximum Gasteiger partial charge on any atom is 0.222 e. The summed E-state index contributed by atoms with van der Waals surface area (Å²) in [6, 6.07) is 1.36. The normalized spacial score (nSPS) is 25.7. The van der Waals surface area contributed by atoms with Gasteiger partial charge in [0, 0.05) is 31.6 Å². The minimum atomic E-state index is 0.384. The number of nitrogens with zero attached hydrogens (tertiary/aromatic N) is 2. The molecule has 2 heterocycles. The lowest BCUT2D eigenvalue weighted by molar-refractivity contribution is -0.141. The van der Waals surface area contributed by atoms with Crippen molar-refractivity contribution in [3.8, 4) is 0 Å². The van der Waals surface area contributed by atoms with E-state index in [1.165, 1.54) is 25.8 Å². The molecule has 2 saturated heterocycles. The quantitative estimate of drug-likeness (QED) is 0.764. The molecule has 3 heteroatoms. The van der Waals surface area contributed by atoms with Crippen LogP contribution in [0, 0.1) is 5.92 Å². The van der Waals surface area contributed by atoms with E-state index >= 15 is 0 Å². The van der Waals surface area contributed by atoms with Gasteiger partial charge < -0.3 is 4.90 Å². The molecule has 1 atom stereocenters. The molecule has 3 nitrogen and oxygen atoms in total. The van der Waals surface area contributed by atoms with Crippen LogP contribution in [0.4, 0.5) is 0 Å². The molecule has 0 aromatic carbocycles. The second-order valence-electron chi connectivity index (χ2n) is 6.42. The molecule has 0 aromatic rings. The highest BCUT2D eigenvalue weighted by Gasteiger charge is 2.37. The Kier molecular flexibility index (Phi) is 5.26. The summed E-state index contributed by atoms with van der Waals surface area (Å²) >= 11 is 0. The minimum absolute atomic E-state index is 0.384. The summed E-state index contributed by atoms with van der Waals surface area (Å²) in [7, 11) is 0. The van der Waals surface area contributed by atoms with Crippen molar-refractivity contribution in [2.75, 3.05) is 19.6 Å². The molecule has 0 spiro atoms. The molecule has 2 rings (SSSR count). The Morgan fingerprint density at radius 1 is 1.21 bits per heavy atom. The van der Waals surface area contributed by atoms with E-state index in [2.05, 4.69) is 30.6 Å². The molecule has 0 aromatic heterocycles. The van der Waals surface area contributed by atoms with Crippen LogP contribution in [0.1, 0.15) is 59.3 Å². The van der Waals surface area contributed by atoms with Gasteiger partial charge in [-0.25, -0.2) is 0 Å². The number of amides is 1. The highest BCUT2D eigenvalue weighted by Crippen LogP contribution is 2.25. The van der Waals surface area contributed by atoms with Gasteiger partial charge in [-0.1, -0.05) is 33.1 Å². The van der Waals surface area contributed by atoms with Crippen molar-refractivity contribution in [3.05, 3.63) is 0 Å². The summed E-state index contributed by atoms with van der Waals surface area (Å²) in [6.45, 7) is 9.91. The molecule has 0 aliphatic carbocycles. The molecular weight excluding hydrogens is 236 g/mol. The second-order valence-corrected chi connectivity index (χ2v) is 6.42. The Bertz CT molecular complexity index is 295. The van der Waals surface area contributed by atoms with Gasteiger partial charge in [0.1, 0.15) is 0 Å². The van der Waals surface area contributed by atoms with E-state index < -0.39 is 0 Å². The van der Waals surface area contributed by atoms with Crippen LogP contribution in [0.5, 0.6) is 0 Å². The van der Waals surface area contributed by atoms with Crippen molar-refractivity contribution in [1.82, 2.24) is 9.80 Å². The third-order valence-electron chi connectivity index (χ3n) is 5.16. The fraction of sp³-hybridized carbons (Fsp3) is 0.938. The number of rotatable bonds is 5. The standard InChI is InChI=1S/C16H30N2O/c1-4-14(5-2)10-16(19)17-11-15(12-17)18-9-7-6-8-13(18)3/h13-15H,4-12H2,1-3H3. The number of hydrogen-bond donors (Lipinski definition) is 0. The largest absolute Gasteiger partial charge is 0.339 e. The highest BCUT2D eigenvalue weighted by atomic mass is 16.2. The first-order chi connectivity index (χ1) is 9.15. The Labute approximate surface area is 118 Å². The zero-order valence-corrected chi connectivity index (χ0v) is 12.9. The van der Waals surface area contributed by atoms with E-state index in [1.807, 2.05) is 0 Å². The van der Waals surface area contributed by atoms with Gasteiger partial charge in [-0.05, 0) is 32.2 Å². The van der Waals surface area contributed by atoms with Crippen molar-refractivity contribution < 1.29 is 4.79 Å². The van der Waals surface area contributed by atoms with E-state index in [1.54, 1.807) is 0 Å². The van der Waals surface area contributed by atoms with Crippen molar-refractivity contribution >= 4 is 5.91 Å². The lowest BCUT2D eigenvalue weighted by Crippen LogP contribution is -2.63. The number of likely N-dealkylation sites (tertiary alicyclic amines) is 2. The second kappa shape index (κ2) is 6.74. The molecule has 2 aliphatic heterocycles. The smallest absolute Gasteiger partial charge is 0.222 e. The van der Waals surface area contributed by atoms with Gasteiger partial charge in [0.25, 0.3) is 0 Å². The van der Waals surface area contributed by atoms with Gasteiger partial charge in [-0.2, -0.15) is 0 Å². The monoisotopic (exact) mass is 266 g/mol. The molecule has 0 bridgehead atoms. The lowest BCUT2D eigenvalue weighted by atomic mass is 9.95. The number of hydrogen-bond acceptors (Lipinski definition) is 2. The van der Waals surface area contributed by atoms with E-state index in [4.69, 9.17) is 0 Å². The fourth-order valence-electron chi connectivity index (χ4n) is 3.48. The molecule has 0 saturated carbocycles. The molecule has 1 unspecified atom stereocenters. The van der Waals surface area contributed by atoms with Gasteiger partial charge >= 0.3 is 0 Å². The third-order valence-corrected chi connectivity index (χ3v) is 5.16. The van der Waals surface area contributed by atoms with E-state index in [9.17, 15) is 4.79 Å². The average molecular weight is 266 g/mol. The Morgan fingerprint density at radius 2 is 1.89 bits per heavy atom. The molecule has 0 N–H and O–H groups in total. The topological polar surface area (TPSA) is 23.6 Å². The van der Waals surface area contributed by atoms with Crippen LogP contribution in [-0.2, 0) is 4.79 Å². The van der Waals surface area contributed by atoms with Crippen molar-refractivity contribution in [1.29, 1.82) is 0 Å². The minimum Gasteiger partial charge on any atom is -0.339 e. The molecule has 2 fully saturated rings. The van der Waals surface area contributed by atoms with Gasteiger partial charge in [0.15, 0.2) is 0 Å². The van der Waals surface area contributed by atoms with Crippen LogP contribution in [0.2, 0.25) is 0 Å². The summed E-state index contributed by atoms with van der Waals surface area (Å²) in [5.74, 6) is 0.968. The van der Waals surface area contributed by atoms with Gasteiger partial charge in [-0.3, -0.25) is 9.69 Å². The number of carbonyl (C=O) groups is 1. The number of piperidine rings is 1. The summed E-state index contributed by atoms with van der Waals surface area (Å²) in [5.41, 5.74) is 0. The summed E-state index contributed by atoms with van der Waals surface area (Å²) in [5, 5.41) is 0. The first-order valence-electron chi connectivity index (χ1n) is 8.19. The zero-order valence-electron chi connectivity index (χ0n) is 12.9. The first kappa shape index (κ1) is 14.8. The van der Waals surface area contributed by atoms with E-state index in [0.29, 0.717) is 17.9 Å². The zero-order chi connectivity index (χ0) is 13.8. The third kappa shape index (κ3) is 3.50. The van der Waals surface area contributed by atoms with Crippen LogP contribution >= 0.6 is 0 Å². The Balaban J connectivity index is 1.74. The van der Waals surface area contributed by atoms with Crippen molar-refractivity contribution in [3.63, 3.8) is 0 Å². The predicted molar refractivity (Wildman–Crippen MR) is 79.1 cm³/mol. The van der Waals surface area contributed by atoms with E-state index in [0.717, 1.165) is 38.4 Å². The number of carbonyl (C=O) groups excluding carboxylic acids is 1. The fourth-order valence-corrected chi connectivity index (χ4v) is 3.48. The molecule has 19 heavy (non-hydrogen) atoms. The molecule has 0 radical (unpaired) electrons. The summed E-state index contributed by atoms with van der Waals surface area (Å²) < 4.78 is 0. The Morgan fingerprint density at radius 3 is 2.47 bits per heavy atom. The maximum atomic E-state index is 12.2. The van der Waals surface area contributed by atoms with Crippen LogP contribution in [0.3, 0.4) is 0 Å². The molecule has 1 amide bonds. The van der Waals surface area contributed by atoms with E-state index in [-0.39, 0.29) is 0 Å². The Hall–Kier alpha value is -0.570. The SMILES string of the molecule is CCC(CC)CC(=O)N1CC(N2CCCCC2C)C1. The van der Waals surface area contributed by atoms with Crippen LogP contribution in [0.25, 0.3) is 0 Å². The van der Waals surface area contributed by atoms with Gasteiger partial charge in [-0.15, -0.1) is 0 Å². The van der Waals surface area contributed by atoms with Crippen molar-refractivity contribution in [2.24, 2.45) is 5.92 Å². The lowest BCUT2D eigenvalue weighted by Gasteiger charge is -2.49. The maximum absolute atomic E-state index is 12.2. The van der Waals surface area contributed by atoms with Crippen molar-refractivity contribution in [2.45, 2.75) is 71.4 Å². The first-order valence-corrected chi connectivity index (χ1v) is 8.19. The van der Waals surface area contributed by atoms with Crippen LogP contribution < -0.4 is 0 Å². The average Bonchev–Trinajstić information content (AvgIpc) is 2.36. The highest BCUT2D eigenvalue weighted by molar-refractivity contribution is 5.77. The van der Waals surface area contributed by atoms with Gasteiger partial charge in [0.05, 0.1) is 0 Å². The molecule has 2 aliphatic rings. The van der Waals surface area contributed by atoms with Crippen LogP contribution in [-0.4, -0.2) is 47.4 Å². The molecule has 110 valence electrons. The summed E-state index contributed by atoms with van der Waals surface area (Å²) in [4.78, 5) is 16.9.